The smallest absolute Gasteiger partial charge is 0.0405 e. The second kappa shape index (κ2) is 3.74. The van der Waals surface area contributed by atoms with Crippen molar-refractivity contribution in [2.45, 2.75) is 0 Å². The fourth-order valence-electron chi connectivity index (χ4n) is 0. The van der Waals surface area contributed by atoms with Crippen molar-refractivity contribution in [2.75, 3.05) is 0 Å². The lowest BCUT2D eigenvalue weighted by Crippen LogP contribution is -1.44. The lowest BCUT2D eigenvalue weighted by molar-refractivity contribution is 5.17. The third kappa shape index (κ3) is 5.56. The summed E-state index contributed by atoms with van der Waals surface area (Å²) >= 11 is 8.17. The molecule has 5 heteroatoms. The average molecular weight is 165 g/mol. The molecule has 0 amide bonds. The maximum Gasteiger partial charge on any atom is 0.0405 e. The van der Waals surface area contributed by atoms with Crippen LogP contribution in [0, 0.1) is 0 Å². The van der Waals surface area contributed by atoms with Crippen LogP contribution in [0.15, 0.2) is 0 Å². The van der Waals surface area contributed by atoms with Crippen molar-refractivity contribution >= 4 is 51.1 Å². The quantitative estimate of drug-likeness (QED) is 0.356. The fourth-order valence-corrected chi connectivity index (χ4v) is 0. The molecule has 0 spiro atoms. The highest BCUT2D eigenvalue weighted by atomic mass is 35.8. The molecule has 5 heavy (non-hydrogen) atoms. The zero-order chi connectivity index (χ0) is 4.28. The van der Waals surface area contributed by atoms with E-state index in [1.165, 1.54) is 9.83 Å². The van der Waals surface area contributed by atoms with Gasteiger partial charge in [-0.25, -0.2) is 0 Å². The molecule has 0 aliphatic rings. The van der Waals surface area contributed by atoms with Gasteiger partial charge in [0.1, 0.15) is 0 Å². The Morgan fingerprint density at radius 2 is 2.20 bits per heavy atom. The van der Waals surface area contributed by atoms with Crippen LogP contribution in [0.2, 0.25) is 0 Å². The van der Waals surface area contributed by atoms with E-state index in [-0.39, 0.29) is 0 Å². The van der Waals surface area contributed by atoms with Gasteiger partial charge < -0.3 is 0 Å². The predicted molar refractivity (Wildman–Crippen MR) is 37.2 cm³/mol. The maximum atomic E-state index is 5.19. The van der Waals surface area contributed by atoms with Crippen molar-refractivity contribution in [2.24, 2.45) is 0 Å². The van der Waals surface area contributed by atoms with Crippen molar-refractivity contribution in [3.05, 3.63) is 0 Å². The fraction of sp³-hybridized carbons (Fsp3) is 0. The number of thiol groups is 1. The monoisotopic (exact) mass is 164 g/mol. The van der Waals surface area contributed by atoms with Gasteiger partial charge in [0, 0.05) is 7.70 Å². The summed E-state index contributed by atoms with van der Waals surface area (Å²) in [6.45, 7) is 0. The number of halogens is 1. The van der Waals surface area contributed by atoms with Crippen LogP contribution < -0.4 is 0 Å². The van der Waals surface area contributed by atoms with E-state index in [4.69, 9.17) is 10.7 Å². The first-order valence-corrected chi connectivity index (χ1v) is 6.03. The lowest BCUT2D eigenvalue weighted by Gasteiger charge is -1.73. The molecule has 0 aliphatic heterocycles. The summed E-state index contributed by atoms with van der Waals surface area (Å²) in [4.78, 5) is 0. The highest BCUT2D eigenvalue weighted by Gasteiger charge is 1.73. The number of hydrogen-bond donors (Lipinski definition) is 1. The SMILES string of the molecule is S=S(Cl)SS. The van der Waals surface area contributed by atoms with E-state index in [1.54, 1.807) is 0 Å². The molecule has 0 aromatic carbocycles. The summed E-state index contributed by atoms with van der Waals surface area (Å²) in [6, 6.07) is 0. The van der Waals surface area contributed by atoms with Gasteiger partial charge in [0.15, 0.2) is 0 Å². The average Bonchev–Trinajstić information content (AvgIpc) is 1.38. The van der Waals surface area contributed by atoms with Gasteiger partial charge >= 0.3 is 0 Å². The van der Waals surface area contributed by atoms with Crippen molar-refractivity contribution in [1.29, 1.82) is 0 Å². The highest BCUT2D eigenvalue weighted by molar-refractivity contribution is 9.11. The molecule has 1 atom stereocenters. The second-order valence-corrected chi connectivity index (χ2v) is 7.25. The normalized spacial score (nSPS) is 14.8. The van der Waals surface area contributed by atoms with Crippen LogP contribution in [0.1, 0.15) is 0 Å². The minimum absolute atomic E-state index is 0.486. The van der Waals surface area contributed by atoms with E-state index in [1.807, 2.05) is 0 Å². The van der Waals surface area contributed by atoms with E-state index in [0.717, 1.165) is 0 Å². The zero-order valence-corrected chi connectivity index (χ0v) is 6.15. The molecule has 32 valence electrons. The number of hydrogen-bond acceptors (Lipinski definition) is 3. The first-order valence-electron chi connectivity index (χ1n) is 0.670. The Bertz CT molecular complexity index is 38.9. The van der Waals surface area contributed by atoms with E-state index in [9.17, 15) is 0 Å². The first-order chi connectivity index (χ1) is 2.27. The van der Waals surface area contributed by atoms with E-state index in [0.29, 0.717) is 0 Å². The van der Waals surface area contributed by atoms with Crippen LogP contribution in [0.4, 0.5) is 0 Å². The summed E-state index contributed by atoms with van der Waals surface area (Å²) < 4.78 is 0. The Balaban J connectivity index is 2.85. The molecule has 0 aromatic heterocycles. The molecule has 0 radical (unpaired) electrons. The Hall–Kier alpha value is 1.56. The molecular formula is HClS4. The molecule has 0 bridgehead atoms. The van der Waals surface area contributed by atoms with Crippen LogP contribution in [0.5, 0.6) is 0 Å². The van der Waals surface area contributed by atoms with Gasteiger partial charge in [-0.05, 0) is 31.7 Å². The van der Waals surface area contributed by atoms with E-state index >= 15 is 0 Å². The molecule has 0 aliphatic carbocycles. The Labute approximate surface area is 51.0 Å². The van der Waals surface area contributed by atoms with Crippen molar-refractivity contribution in [1.82, 2.24) is 0 Å². The Morgan fingerprint density at radius 3 is 2.20 bits per heavy atom. The molecule has 0 N–H and O–H groups in total. The van der Waals surface area contributed by atoms with E-state index in [2.05, 4.69) is 22.8 Å². The predicted octanol–water partition coefficient (Wildman–Crippen LogP) is 1.71. The standard InChI is InChI=1S/ClHS4/c1-5(3)4-2/h2H. The van der Waals surface area contributed by atoms with Gasteiger partial charge in [-0.3, -0.25) is 0 Å². The van der Waals surface area contributed by atoms with Crippen molar-refractivity contribution < 1.29 is 0 Å². The molecule has 0 heterocycles. The zero-order valence-electron chi connectivity index (χ0n) is 2.05. The van der Waals surface area contributed by atoms with Gasteiger partial charge in [0.05, 0.1) is 0 Å². The summed E-state index contributed by atoms with van der Waals surface area (Å²) in [7, 11) is 5.89. The van der Waals surface area contributed by atoms with Crippen molar-refractivity contribution in [3.63, 3.8) is 0 Å². The molecule has 1 unspecified atom stereocenters. The van der Waals surface area contributed by atoms with Crippen LogP contribution in [0.3, 0.4) is 0 Å². The molecule has 0 aromatic rings. The summed E-state index contributed by atoms with van der Waals surface area (Å²) in [5.41, 5.74) is 0. The summed E-state index contributed by atoms with van der Waals surface area (Å²) in [5.74, 6) is 0. The molecular weight excluding hydrogens is 164 g/mol. The first kappa shape index (κ1) is 6.56. The van der Waals surface area contributed by atoms with Crippen LogP contribution in [-0.4, -0.2) is 0 Å². The van der Waals surface area contributed by atoms with Crippen LogP contribution in [-0.2, 0) is 18.9 Å². The third-order valence-corrected chi connectivity index (χ3v) is 4.75. The number of rotatable bonds is 1. The molecule has 0 saturated heterocycles. The van der Waals surface area contributed by atoms with E-state index < -0.39 is 7.70 Å². The summed E-state index contributed by atoms with van der Waals surface area (Å²) in [5, 5.41) is 0. The molecule has 0 rings (SSSR count). The maximum absolute atomic E-state index is 5.19. The van der Waals surface area contributed by atoms with Gasteiger partial charge in [0.2, 0.25) is 0 Å². The minimum Gasteiger partial charge on any atom is -0.0983 e. The van der Waals surface area contributed by atoms with Gasteiger partial charge in [0.25, 0.3) is 0 Å². The largest absolute Gasteiger partial charge is 0.0983 e. The molecule has 0 saturated carbocycles. The molecule has 0 fully saturated rings. The lowest BCUT2D eigenvalue weighted by atomic mass is 30.5. The Morgan fingerprint density at radius 1 is 2.00 bits per heavy atom. The Kier molecular flexibility index (Phi) is 4.91. The second-order valence-electron chi connectivity index (χ2n) is 0.269. The molecule has 0 nitrogen and oxygen atoms in total. The van der Waals surface area contributed by atoms with Gasteiger partial charge in [-0.2, -0.15) is 0 Å². The van der Waals surface area contributed by atoms with Gasteiger partial charge in [-0.1, -0.05) is 11.7 Å². The topological polar surface area (TPSA) is 0 Å². The third-order valence-electron chi connectivity index (χ3n) is 0.0586. The van der Waals surface area contributed by atoms with Crippen LogP contribution in [0.25, 0.3) is 0 Å². The van der Waals surface area contributed by atoms with Crippen molar-refractivity contribution in [3.8, 4) is 0 Å². The minimum atomic E-state index is -0.486. The summed E-state index contributed by atoms with van der Waals surface area (Å²) in [6.07, 6.45) is 0. The highest BCUT2D eigenvalue weighted by Crippen LogP contribution is 2.14. The van der Waals surface area contributed by atoms with Gasteiger partial charge in [-0.15, -0.1) is 0 Å². The van der Waals surface area contributed by atoms with Crippen LogP contribution >= 0.6 is 32.2 Å².